The lowest BCUT2D eigenvalue weighted by Gasteiger charge is -2.40. The quantitative estimate of drug-likeness (QED) is 0.862. The number of nitrogens with two attached hydrogens (primary N) is 1. The molecule has 1 aliphatic heterocycles. The van der Waals surface area contributed by atoms with Gasteiger partial charge in [-0.05, 0) is 81.9 Å². The predicted octanol–water partition coefficient (Wildman–Crippen LogP) is 4.09. The molecule has 2 nitrogen and oxygen atoms in total. The molecular weight excluding hydrogens is 356 g/mol. The summed E-state index contributed by atoms with van der Waals surface area (Å²) in [5, 5.41) is 0. The van der Waals surface area contributed by atoms with Gasteiger partial charge >= 0.3 is 0 Å². The summed E-state index contributed by atoms with van der Waals surface area (Å²) in [6, 6.07) is 7.10. The van der Waals surface area contributed by atoms with Gasteiger partial charge in [-0.2, -0.15) is 0 Å². The van der Waals surface area contributed by atoms with Crippen LogP contribution in [0.25, 0.3) is 0 Å². The fourth-order valence-electron chi connectivity index (χ4n) is 2.79. The maximum absolute atomic E-state index is 6.35. The first kappa shape index (κ1) is 14.5. The minimum Gasteiger partial charge on any atom is -0.326 e. The third-order valence-electron chi connectivity index (χ3n) is 3.58. The number of benzene rings is 1. The van der Waals surface area contributed by atoms with E-state index < -0.39 is 0 Å². The molecule has 2 rings (SSSR count). The van der Waals surface area contributed by atoms with Crippen LogP contribution in [0.2, 0.25) is 0 Å². The number of rotatable bonds is 3. The first-order valence-electron chi connectivity index (χ1n) is 6.58. The summed E-state index contributed by atoms with van der Waals surface area (Å²) in [5.74, 6) is 0. The molecule has 18 heavy (non-hydrogen) atoms. The lowest BCUT2D eigenvalue weighted by Crippen LogP contribution is -2.46. The molecule has 1 aromatic rings. The van der Waals surface area contributed by atoms with E-state index >= 15 is 0 Å². The van der Waals surface area contributed by atoms with E-state index in [4.69, 9.17) is 5.73 Å². The molecule has 2 atom stereocenters. The fourth-order valence-corrected chi connectivity index (χ4v) is 3.43. The second-order valence-electron chi connectivity index (χ2n) is 4.96. The molecule has 0 aliphatic carbocycles. The summed E-state index contributed by atoms with van der Waals surface area (Å²) >= 11 is 7.11. The van der Waals surface area contributed by atoms with Gasteiger partial charge in [0.25, 0.3) is 0 Å². The van der Waals surface area contributed by atoms with Crippen LogP contribution in [0.3, 0.4) is 0 Å². The maximum atomic E-state index is 6.35. The summed E-state index contributed by atoms with van der Waals surface area (Å²) in [4.78, 5) is 2.53. The van der Waals surface area contributed by atoms with E-state index in [1.807, 2.05) is 0 Å². The van der Waals surface area contributed by atoms with Crippen molar-refractivity contribution in [2.24, 2.45) is 5.73 Å². The normalized spacial score (nSPS) is 25.3. The van der Waals surface area contributed by atoms with Crippen LogP contribution in [-0.4, -0.2) is 24.0 Å². The molecule has 0 saturated carbocycles. The van der Waals surface area contributed by atoms with Crippen molar-refractivity contribution in [1.29, 1.82) is 0 Å². The Morgan fingerprint density at radius 1 is 1.33 bits per heavy atom. The standard InChI is InChI=1S/C14H20Br2N2/c1-2-7-18-8-3-4-13(17)14(18)10-5-6-11(15)12(16)9-10/h5-6,9,13-14H,2-4,7-8,17H2,1H3. The Morgan fingerprint density at radius 2 is 2.11 bits per heavy atom. The van der Waals surface area contributed by atoms with Gasteiger partial charge in [0, 0.05) is 21.0 Å². The van der Waals surface area contributed by atoms with Crippen LogP contribution in [-0.2, 0) is 0 Å². The summed E-state index contributed by atoms with van der Waals surface area (Å²) in [6.07, 6.45) is 3.52. The molecular formula is C14H20Br2N2. The van der Waals surface area contributed by atoms with Crippen LogP contribution in [0.15, 0.2) is 27.1 Å². The highest BCUT2D eigenvalue weighted by Crippen LogP contribution is 2.33. The second kappa shape index (κ2) is 6.51. The Kier molecular flexibility index (Phi) is 5.24. The average molecular weight is 376 g/mol. The first-order chi connectivity index (χ1) is 8.63. The molecule has 0 bridgehead atoms. The van der Waals surface area contributed by atoms with Crippen LogP contribution in [0.5, 0.6) is 0 Å². The molecule has 1 heterocycles. The topological polar surface area (TPSA) is 29.3 Å². The summed E-state index contributed by atoms with van der Waals surface area (Å²) in [7, 11) is 0. The Balaban J connectivity index is 2.28. The van der Waals surface area contributed by atoms with Crippen molar-refractivity contribution in [1.82, 2.24) is 4.90 Å². The molecule has 0 spiro atoms. The first-order valence-corrected chi connectivity index (χ1v) is 8.16. The van der Waals surface area contributed by atoms with E-state index in [-0.39, 0.29) is 6.04 Å². The minimum absolute atomic E-state index is 0.248. The van der Waals surface area contributed by atoms with Gasteiger partial charge in [0.2, 0.25) is 0 Å². The van der Waals surface area contributed by atoms with Gasteiger partial charge in [-0.25, -0.2) is 0 Å². The Morgan fingerprint density at radius 3 is 2.78 bits per heavy atom. The van der Waals surface area contributed by atoms with E-state index in [0.29, 0.717) is 6.04 Å². The van der Waals surface area contributed by atoms with Crippen LogP contribution >= 0.6 is 31.9 Å². The van der Waals surface area contributed by atoms with Crippen molar-refractivity contribution < 1.29 is 0 Å². The molecule has 1 fully saturated rings. The molecule has 0 aromatic heterocycles. The minimum atomic E-state index is 0.248. The van der Waals surface area contributed by atoms with Crippen molar-refractivity contribution in [3.05, 3.63) is 32.7 Å². The van der Waals surface area contributed by atoms with E-state index in [2.05, 4.69) is 61.9 Å². The van der Waals surface area contributed by atoms with Gasteiger partial charge in [0.05, 0.1) is 0 Å². The van der Waals surface area contributed by atoms with Crippen LogP contribution in [0.1, 0.15) is 37.8 Å². The van der Waals surface area contributed by atoms with E-state index in [1.54, 1.807) is 0 Å². The highest BCUT2D eigenvalue weighted by molar-refractivity contribution is 9.13. The van der Waals surface area contributed by atoms with Crippen molar-refractivity contribution >= 4 is 31.9 Å². The van der Waals surface area contributed by atoms with Crippen LogP contribution < -0.4 is 5.73 Å². The Labute approximate surface area is 126 Å². The highest BCUT2D eigenvalue weighted by atomic mass is 79.9. The summed E-state index contributed by atoms with van der Waals surface area (Å²) in [6.45, 7) is 4.53. The largest absolute Gasteiger partial charge is 0.326 e. The van der Waals surface area contributed by atoms with Crippen LogP contribution in [0, 0.1) is 0 Å². The van der Waals surface area contributed by atoms with Gasteiger partial charge in [-0.15, -0.1) is 0 Å². The smallest absolute Gasteiger partial charge is 0.0499 e. The maximum Gasteiger partial charge on any atom is 0.0499 e. The van der Waals surface area contributed by atoms with Crippen molar-refractivity contribution in [2.45, 2.75) is 38.3 Å². The number of piperidine rings is 1. The third kappa shape index (κ3) is 3.16. The predicted molar refractivity (Wildman–Crippen MR) is 83.7 cm³/mol. The fraction of sp³-hybridized carbons (Fsp3) is 0.571. The van der Waals surface area contributed by atoms with Gasteiger partial charge in [0.15, 0.2) is 0 Å². The average Bonchev–Trinajstić information content (AvgIpc) is 2.34. The van der Waals surface area contributed by atoms with Gasteiger partial charge in [-0.3, -0.25) is 4.90 Å². The number of halogens is 2. The Bertz CT molecular complexity index is 407. The third-order valence-corrected chi connectivity index (χ3v) is 5.46. The molecule has 100 valence electrons. The van der Waals surface area contributed by atoms with Crippen molar-refractivity contribution in [3.8, 4) is 0 Å². The number of nitrogens with zero attached hydrogens (tertiary/aromatic N) is 1. The van der Waals surface area contributed by atoms with E-state index in [0.717, 1.165) is 21.9 Å². The Hall–Kier alpha value is 0.1000. The van der Waals surface area contributed by atoms with Gasteiger partial charge in [0.1, 0.15) is 0 Å². The lowest BCUT2D eigenvalue weighted by molar-refractivity contribution is 0.128. The monoisotopic (exact) mass is 374 g/mol. The molecule has 1 saturated heterocycles. The SMILES string of the molecule is CCCN1CCCC(N)C1c1ccc(Br)c(Br)c1. The highest BCUT2D eigenvalue weighted by Gasteiger charge is 2.29. The zero-order chi connectivity index (χ0) is 13.1. The molecule has 0 radical (unpaired) electrons. The molecule has 2 N–H and O–H groups in total. The molecule has 1 aromatic carbocycles. The molecule has 0 amide bonds. The summed E-state index contributed by atoms with van der Waals surface area (Å²) < 4.78 is 2.20. The second-order valence-corrected chi connectivity index (χ2v) is 6.67. The number of likely N-dealkylation sites (tertiary alicyclic amines) is 1. The van der Waals surface area contributed by atoms with E-state index in [9.17, 15) is 0 Å². The molecule has 1 aliphatic rings. The summed E-state index contributed by atoms with van der Waals surface area (Å²) in [5.41, 5.74) is 7.68. The van der Waals surface area contributed by atoms with Gasteiger partial charge in [-0.1, -0.05) is 13.0 Å². The lowest BCUT2D eigenvalue weighted by atomic mass is 9.91. The number of hydrogen-bond acceptors (Lipinski definition) is 2. The zero-order valence-corrected chi connectivity index (χ0v) is 13.9. The molecule has 2 unspecified atom stereocenters. The number of hydrogen-bond donors (Lipinski definition) is 1. The zero-order valence-electron chi connectivity index (χ0n) is 10.7. The van der Waals surface area contributed by atoms with E-state index in [1.165, 1.54) is 24.9 Å². The van der Waals surface area contributed by atoms with Crippen molar-refractivity contribution in [2.75, 3.05) is 13.1 Å². The van der Waals surface area contributed by atoms with Crippen molar-refractivity contribution in [3.63, 3.8) is 0 Å². The molecule has 4 heteroatoms. The van der Waals surface area contributed by atoms with Crippen LogP contribution in [0.4, 0.5) is 0 Å². The van der Waals surface area contributed by atoms with Gasteiger partial charge < -0.3 is 5.73 Å².